The average Bonchev–Trinajstić information content (AvgIpc) is 2.70. The molecule has 2 aromatic carbocycles. The number of benzene rings is 2. The van der Waals surface area contributed by atoms with Crippen molar-refractivity contribution in [2.24, 2.45) is 0 Å². The van der Waals surface area contributed by atoms with E-state index in [1.165, 1.54) is 4.90 Å². The first-order valence-electron chi connectivity index (χ1n) is 8.97. The van der Waals surface area contributed by atoms with Crippen LogP contribution in [0.1, 0.15) is 23.1 Å². The highest BCUT2D eigenvalue weighted by Crippen LogP contribution is 2.19. The second kappa shape index (κ2) is 10.5. The molecule has 0 bridgehead atoms. The van der Waals surface area contributed by atoms with Crippen LogP contribution < -0.4 is 9.64 Å². The Bertz CT molecular complexity index is 935. The first-order chi connectivity index (χ1) is 13.9. The van der Waals surface area contributed by atoms with Crippen LogP contribution in [0.4, 0.5) is 5.69 Å². The molecule has 0 spiro atoms. The van der Waals surface area contributed by atoms with E-state index in [1.54, 1.807) is 24.3 Å². The molecule has 29 heavy (non-hydrogen) atoms. The molecular weight excluding hydrogens is 370 g/mol. The molecule has 0 saturated carbocycles. The Hall–Kier alpha value is -3.84. The second-order valence-electron chi connectivity index (χ2n) is 6.38. The molecule has 0 unspecified atom stereocenters. The van der Waals surface area contributed by atoms with Gasteiger partial charge in [-0.15, -0.1) is 0 Å². The van der Waals surface area contributed by atoms with Crippen LogP contribution in [0.25, 0.3) is 0 Å². The number of hydrogen-bond acceptors (Lipinski definition) is 6. The lowest BCUT2D eigenvalue weighted by Gasteiger charge is -2.22. The topological polar surface area (TPSA) is 103 Å². The lowest BCUT2D eigenvalue weighted by Crippen LogP contribution is -2.36. The molecule has 0 radical (unpaired) electrons. The van der Waals surface area contributed by atoms with Gasteiger partial charge in [-0.3, -0.25) is 4.79 Å². The number of carbonyl (C=O) groups is 2. The molecule has 0 N–H and O–H groups in total. The standard InChI is InChI=1S/C22H21N3O4/c1-16-10-17(2)12-19(11-16)25(9-3-8-23)21(26)14-29-22(27)15-28-20-6-4-18(13-24)5-7-20/h4-7,10-12H,3,9,14-15H2,1-2H3. The number of nitrogens with zero attached hydrogens (tertiary/aromatic N) is 3. The van der Waals surface area contributed by atoms with Gasteiger partial charge in [0, 0.05) is 12.2 Å². The number of nitriles is 2. The maximum Gasteiger partial charge on any atom is 0.344 e. The molecule has 0 fully saturated rings. The molecule has 7 nitrogen and oxygen atoms in total. The summed E-state index contributed by atoms with van der Waals surface area (Å²) >= 11 is 0. The van der Waals surface area contributed by atoms with Gasteiger partial charge in [-0.05, 0) is 61.4 Å². The van der Waals surface area contributed by atoms with Crippen molar-refractivity contribution >= 4 is 17.6 Å². The van der Waals surface area contributed by atoms with Crippen molar-refractivity contribution in [2.45, 2.75) is 20.3 Å². The summed E-state index contributed by atoms with van der Waals surface area (Å²) in [6.45, 7) is 3.24. The average molecular weight is 391 g/mol. The molecule has 0 aliphatic heterocycles. The third kappa shape index (κ3) is 6.67. The van der Waals surface area contributed by atoms with E-state index in [1.807, 2.05) is 44.2 Å². The SMILES string of the molecule is Cc1cc(C)cc(N(CCC#N)C(=O)COC(=O)COc2ccc(C#N)cc2)c1. The van der Waals surface area contributed by atoms with Gasteiger partial charge in [-0.2, -0.15) is 10.5 Å². The number of ether oxygens (including phenoxy) is 2. The first-order valence-corrected chi connectivity index (χ1v) is 8.97. The minimum Gasteiger partial charge on any atom is -0.482 e. The van der Waals surface area contributed by atoms with E-state index in [0.717, 1.165) is 11.1 Å². The molecule has 0 aliphatic rings. The second-order valence-corrected chi connectivity index (χ2v) is 6.38. The van der Waals surface area contributed by atoms with E-state index in [-0.39, 0.29) is 19.6 Å². The minimum absolute atomic E-state index is 0.161. The Kier molecular flexibility index (Phi) is 7.76. The van der Waals surface area contributed by atoms with Gasteiger partial charge >= 0.3 is 5.97 Å². The summed E-state index contributed by atoms with van der Waals surface area (Å²) in [7, 11) is 0. The smallest absolute Gasteiger partial charge is 0.344 e. The zero-order valence-corrected chi connectivity index (χ0v) is 16.3. The van der Waals surface area contributed by atoms with E-state index >= 15 is 0 Å². The van der Waals surface area contributed by atoms with Gasteiger partial charge in [0.15, 0.2) is 13.2 Å². The summed E-state index contributed by atoms with van der Waals surface area (Å²) in [4.78, 5) is 25.9. The van der Waals surface area contributed by atoms with Crippen molar-refractivity contribution in [1.29, 1.82) is 10.5 Å². The van der Waals surface area contributed by atoms with E-state index < -0.39 is 18.5 Å². The fourth-order valence-corrected chi connectivity index (χ4v) is 2.70. The van der Waals surface area contributed by atoms with Gasteiger partial charge in [0.25, 0.3) is 5.91 Å². The molecule has 0 aliphatic carbocycles. The van der Waals surface area contributed by atoms with Gasteiger partial charge in [0.1, 0.15) is 5.75 Å². The number of carbonyl (C=O) groups excluding carboxylic acids is 2. The Balaban J connectivity index is 1.93. The Morgan fingerprint density at radius 2 is 1.66 bits per heavy atom. The molecule has 2 aromatic rings. The Morgan fingerprint density at radius 3 is 2.24 bits per heavy atom. The van der Waals surface area contributed by atoms with Gasteiger partial charge in [-0.1, -0.05) is 6.07 Å². The monoisotopic (exact) mass is 391 g/mol. The normalized spacial score (nSPS) is 9.79. The predicted molar refractivity (Wildman–Crippen MR) is 106 cm³/mol. The summed E-state index contributed by atoms with van der Waals surface area (Å²) in [6.07, 6.45) is 0.161. The predicted octanol–water partition coefficient (Wildman–Crippen LogP) is 3.04. The largest absolute Gasteiger partial charge is 0.482 e. The molecule has 2 rings (SSSR count). The third-order valence-electron chi connectivity index (χ3n) is 3.96. The molecule has 0 saturated heterocycles. The van der Waals surface area contributed by atoms with Crippen LogP contribution in [0.3, 0.4) is 0 Å². The van der Waals surface area contributed by atoms with Crippen LogP contribution in [-0.2, 0) is 14.3 Å². The fraction of sp³-hybridized carbons (Fsp3) is 0.273. The maximum atomic E-state index is 12.6. The molecule has 7 heteroatoms. The van der Waals surface area contributed by atoms with Crippen molar-refractivity contribution in [3.05, 3.63) is 59.2 Å². The summed E-state index contributed by atoms with van der Waals surface area (Å²) < 4.78 is 10.3. The van der Waals surface area contributed by atoms with Crippen LogP contribution in [-0.4, -0.2) is 31.6 Å². The van der Waals surface area contributed by atoms with Crippen LogP contribution in [0.15, 0.2) is 42.5 Å². The van der Waals surface area contributed by atoms with Gasteiger partial charge < -0.3 is 14.4 Å². The summed E-state index contributed by atoms with van der Waals surface area (Å²) in [5, 5.41) is 17.6. The number of amides is 1. The molecule has 0 aromatic heterocycles. The lowest BCUT2D eigenvalue weighted by molar-refractivity contribution is -0.149. The summed E-state index contributed by atoms with van der Waals surface area (Å²) in [5.41, 5.74) is 3.12. The highest BCUT2D eigenvalue weighted by molar-refractivity contribution is 5.95. The first kappa shape index (κ1) is 21.5. The lowest BCUT2D eigenvalue weighted by atomic mass is 10.1. The molecular formula is C22H21N3O4. The van der Waals surface area contributed by atoms with Crippen LogP contribution in [0.5, 0.6) is 5.75 Å². The fourth-order valence-electron chi connectivity index (χ4n) is 2.70. The van der Waals surface area contributed by atoms with E-state index in [9.17, 15) is 9.59 Å². The van der Waals surface area contributed by atoms with Gasteiger partial charge in [0.05, 0.1) is 24.1 Å². The van der Waals surface area contributed by atoms with Crippen molar-refractivity contribution in [1.82, 2.24) is 0 Å². The van der Waals surface area contributed by atoms with E-state index in [0.29, 0.717) is 17.0 Å². The zero-order valence-electron chi connectivity index (χ0n) is 16.3. The quantitative estimate of drug-likeness (QED) is 0.641. The number of rotatable bonds is 8. The van der Waals surface area contributed by atoms with E-state index in [2.05, 4.69) is 0 Å². The van der Waals surface area contributed by atoms with Crippen molar-refractivity contribution < 1.29 is 19.1 Å². The number of esters is 1. The van der Waals surface area contributed by atoms with Crippen molar-refractivity contribution in [3.8, 4) is 17.9 Å². The van der Waals surface area contributed by atoms with Crippen LogP contribution in [0.2, 0.25) is 0 Å². The number of aryl methyl sites for hydroxylation is 2. The van der Waals surface area contributed by atoms with Crippen molar-refractivity contribution in [2.75, 3.05) is 24.7 Å². The van der Waals surface area contributed by atoms with Gasteiger partial charge in [-0.25, -0.2) is 4.79 Å². The van der Waals surface area contributed by atoms with Gasteiger partial charge in [0.2, 0.25) is 0 Å². The Labute approximate surface area is 169 Å². The molecule has 0 heterocycles. The highest BCUT2D eigenvalue weighted by Gasteiger charge is 2.18. The highest BCUT2D eigenvalue weighted by atomic mass is 16.6. The molecule has 0 atom stereocenters. The zero-order chi connectivity index (χ0) is 21.2. The van der Waals surface area contributed by atoms with Crippen LogP contribution in [0, 0.1) is 36.5 Å². The van der Waals surface area contributed by atoms with Crippen LogP contribution >= 0.6 is 0 Å². The number of hydrogen-bond donors (Lipinski definition) is 0. The minimum atomic E-state index is -0.691. The van der Waals surface area contributed by atoms with Crippen molar-refractivity contribution in [3.63, 3.8) is 0 Å². The number of anilines is 1. The maximum absolute atomic E-state index is 12.6. The summed E-state index contributed by atoms with van der Waals surface area (Å²) in [5.74, 6) is -0.696. The van der Waals surface area contributed by atoms with E-state index in [4.69, 9.17) is 20.0 Å². The molecule has 148 valence electrons. The molecule has 1 amide bonds. The third-order valence-corrected chi connectivity index (χ3v) is 3.96. The Morgan fingerprint density at radius 1 is 1.00 bits per heavy atom. The summed E-state index contributed by atoms with van der Waals surface area (Å²) in [6, 6.07) is 16.0.